The number of esters is 1. The van der Waals surface area contributed by atoms with E-state index in [4.69, 9.17) is 4.74 Å². The molecule has 0 aliphatic rings. The first-order valence-corrected chi connectivity index (χ1v) is 5.43. The Morgan fingerprint density at radius 2 is 2.06 bits per heavy atom. The minimum Gasteiger partial charge on any atom is -0.465 e. The molecule has 0 atom stereocenters. The normalized spacial score (nSPS) is 10.2. The predicted octanol–water partition coefficient (Wildman–Crippen LogP) is 1.85. The van der Waals surface area contributed by atoms with Crippen LogP contribution < -0.4 is 5.32 Å². The van der Waals surface area contributed by atoms with Crippen molar-refractivity contribution in [2.45, 2.75) is 20.3 Å². The Morgan fingerprint density at radius 1 is 1.38 bits per heavy atom. The molecular weight excluding hydrogens is 202 g/mol. The number of likely N-dealkylation sites (N-methyl/N-ethyl adjacent to an activating group) is 1. The summed E-state index contributed by atoms with van der Waals surface area (Å²) < 4.78 is 4.78. The number of methoxy groups -OCH3 is 1. The molecule has 16 heavy (non-hydrogen) atoms. The monoisotopic (exact) mass is 221 g/mol. The molecule has 3 heteroatoms. The standard InChI is InChI=1S/C13H19NO2/c1-9-7-11(5-6-14-3)8-12(10(9)2)13(15)16-4/h7-8,14H,5-6H2,1-4H3. The highest BCUT2D eigenvalue weighted by molar-refractivity contribution is 5.91. The molecule has 0 unspecified atom stereocenters. The van der Waals surface area contributed by atoms with Crippen LogP contribution in [0.5, 0.6) is 0 Å². The third-order valence-corrected chi connectivity index (χ3v) is 2.80. The maximum atomic E-state index is 11.6. The molecule has 88 valence electrons. The van der Waals surface area contributed by atoms with Crippen LogP contribution in [-0.2, 0) is 11.2 Å². The van der Waals surface area contributed by atoms with Crippen molar-refractivity contribution >= 4 is 5.97 Å². The Kier molecular flexibility index (Phi) is 4.50. The first-order valence-electron chi connectivity index (χ1n) is 5.43. The summed E-state index contributed by atoms with van der Waals surface area (Å²) in [6, 6.07) is 4.05. The molecule has 0 aliphatic heterocycles. The van der Waals surface area contributed by atoms with E-state index in [0.717, 1.165) is 29.7 Å². The van der Waals surface area contributed by atoms with Crippen molar-refractivity contribution in [2.24, 2.45) is 0 Å². The average Bonchev–Trinajstić information content (AvgIpc) is 2.29. The zero-order valence-corrected chi connectivity index (χ0v) is 10.4. The van der Waals surface area contributed by atoms with Gasteiger partial charge in [-0.05, 0) is 56.6 Å². The van der Waals surface area contributed by atoms with Gasteiger partial charge in [-0.3, -0.25) is 0 Å². The molecule has 0 amide bonds. The van der Waals surface area contributed by atoms with Gasteiger partial charge in [-0.25, -0.2) is 4.79 Å². The molecule has 1 rings (SSSR count). The summed E-state index contributed by atoms with van der Waals surface area (Å²) in [5.41, 5.74) is 3.97. The van der Waals surface area contributed by atoms with E-state index in [9.17, 15) is 4.79 Å². The molecule has 0 saturated carbocycles. The highest BCUT2D eigenvalue weighted by atomic mass is 16.5. The van der Waals surface area contributed by atoms with E-state index in [0.29, 0.717) is 5.56 Å². The molecule has 3 nitrogen and oxygen atoms in total. The second kappa shape index (κ2) is 5.66. The van der Waals surface area contributed by atoms with Crippen molar-refractivity contribution in [3.63, 3.8) is 0 Å². The number of carbonyl (C=O) groups is 1. The van der Waals surface area contributed by atoms with Crippen LogP contribution >= 0.6 is 0 Å². The summed E-state index contributed by atoms with van der Waals surface area (Å²) in [5.74, 6) is -0.257. The van der Waals surface area contributed by atoms with Crippen molar-refractivity contribution in [1.82, 2.24) is 5.32 Å². The predicted molar refractivity (Wildman–Crippen MR) is 64.9 cm³/mol. The van der Waals surface area contributed by atoms with Gasteiger partial charge in [-0.1, -0.05) is 6.07 Å². The van der Waals surface area contributed by atoms with Crippen LogP contribution in [0.4, 0.5) is 0 Å². The summed E-state index contributed by atoms with van der Waals surface area (Å²) in [6.07, 6.45) is 0.918. The van der Waals surface area contributed by atoms with Crippen molar-refractivity contribution in [1.29, 1.82) is 0 Å². The molecule has 0 spiro atoms. The van der Waals surface area contributed by atoms with E-state index in [1.807, 2.05) is 27.0 Å². The fourth-order valence-electron chi connectivity index (χ4n) is 1.67. The van der Waals surface area contributed by atoms with E-state index in [1.54, 1.807) is 0 Å². The number of nitrogens with one attached hydrogen (secondary N) is 1. The minimum absolute atomic E-state index is 0.257. The SMILES string of the molecule is CNCCc1cc(C)c(C)c(C(=O)OC)c1. The molecule has 0 saturated heterocycles. The molecule has 0 fully saturated rings. The third-order valence-electron chi connectivity index (χ3n) is 2.80. The number of aryl methyl sites for hydroxylation is 1. The lowest BCUT2D eigenvalue weighted by molar-refractivity contribution is 0.0599. The van der Waals surface area contributed by atoms with E-state index < -0.39 is 0 Å². The lowest BCUT2D eigenvalue weighted by atomic mass is 9.98. The number of rotatable bonds is 4. The summed E-state index contributed by atoms with van der Waals surface area (Å²) in [4.78, 5) is 11.6. The molecular formula is C13H19NO2. The molecule has 1 aromatic rings. The Balaban J connectivity index is 3.06. The fourth-order valence-corrected chi connectivity index (χ4v) is 1.67. The lowest BCUT2D eigenvalue weighted by Gasteiger charge is -2.10. The molecule has 0 radical (unpaired) electrons. The lowest BCUT2D eigenvalue weighted by Crippen LogP contribution is -2.12. The Hall–Kier alpha value is -1.35. The van der Waals surface area contributed by atoms with Crippen LogP contribution in [0.1, 0.15) is 27.0 Å². The topological polar surface area (TPSA) is 38.3 Å². The maximum absolute atomic E-state index is 11.6. The van der Waals surface area contributed by atoms with E-state index in [2.05, 4.69) is 11.4 Å². The quantitative estimate of drug-likeness (QED) is 0.789. The van der Waals surface area contributed by atoms with Gasteiger partial charge >= 0.3 is 5.97 Å². The van der Waals surface area contributed by atoms with Gasteiger partial charge < -0.3 is 10.1 Å². The highest BCUT2D eigenvalue weighted by Crippen LogP contribution is 2.17. The zero-order valence-electron chi connectivity index (χ0n) is 10.4. The van der Waals surface area contributed by atoms with E-state index in [-0.39, 0.29) is 5.97 Å². The molecule has 1 N–H and O–H groups in total. The summed E-state index contributed by atoms with van der Waals surface area (Å²) in [6.45, 7) is 4.87. The second-order valence-corrected chi connectivity index (χ2v) is 3.93. The second-order valence-electron chi connectivity index (χ2n) is 3.93. The summed E-state index contributed by atoms with van der Waals surface area (Å²) >= 11 is 0. The molecule has 1 aromatic carbocycles. The summed E-state index contributed by atoms with van der Waals surface area (Å²) in [7, 11) is 3.33. The Labute approximate surface area is 96.8 Å². The maximum Gasteiger partial charge on any atom is 0.338 e. The van der Waals surface area contributed by atoms with Crippen molar-refractivity contribution < 1.29 is 9.53 Å². The van der Waals surface area contributed by atoms with Crippen LogP contribution in [0, 0.1) is 13.8 Å². The van der Waals surface area contributed by atoms with Crippen molar-refractivity contribution in [3.8, 4) is 0 Å². The molecule has 0 heterocycles. The van der Waals surface area contributed by atoms with Gasteiger partial charge in [-0.15, -0.1) is 0 Å². The van der Waals surface area contributed by atoms with Crippen LogP contribution in [0.2, 0.25) is 0 Å². The van der Waals surface area contributed by atoms with Crippen LogP contribution in [0.3, 0.4) is 0 Å². The molecule has 0 aromatic heterocycles. The number of benzene rings is 1. The average molecular weight is 221 g/mol. The van der Waals surface area contributed by atoms with Crippen LogP contribution in [0.15, 0.2) is 12.1 Å². The van der Waals surface area contributed by atoms with Crippen LogP contribution in [0.25, 0.3) is 0 Å². The first kappa shape index (κ1) is 12.7. The first-order chi connectivity index (χ1) is 7.60. The van der Waals surface area contributed by atoms with Gasteiger partial charge in [0, 0.05) is 0 Å². The number of ether oxygens (including phenoxy) is 1. The number of hydrogen-bond donors (Lipinski definition) is 1. The van der Waals surface area contributed by atoms with E-state index in [1.165, 1.54) is 7.11 Å². The summed E-state index contributed by atoms with van der Waals surface area (Å²) in [5, 5.41) is 3.10. The fraction of sp³-hybridized carbons (Fsp3) is 0.462. The minimum atomic E-state index is -0.257. The van der Waals surface area contributed by atoms with Gasteiger partial charge in [0.15, 0.2) is 0 Å². The van der Waals surface area contributed by atoms with Gasteiger partial charge in [0.25, 0.3) is 0 Å². The zero-order chi connectivity index (χ0) is 12.1. The number of hydrogen-bond acceptors (Lipinski definition) is 3. The van der Waals surface area contributed by atoms with E-state index >= 15 is 0 Å². The molecule has 0 bridgehead atoms. The Morgan fingerprint density at radius 3 is 2.62 bits per heavy atom. The van der Waals surface area contributed by atoms with Gasteiger partial charge in [0.05, 0.1) is 12.7 Å². The highest BCUT2D eigenvalue weighted by Gasteiger charge is 2.12. The number of carbonyl (C=O) groups excluding carboxylic acids is 1. The Bertz CT molecular complexity index is 386. The smallest absolute Gasteiger partial charge is 0.338 e. The van der Waals surface area contributed by atoms with Crippen LogP contribution in [-0.4, -0.2) is 26.7 Å². The van der Waals surface area contributed by atoms with Crippen molar-refractivity contribution in [3.05, 3.63) is 34.4 Å². The van der Waals surface area contributed by atoms with Gasteiger partial charge in [0.2, 0.25) is 0 Å². The van der Waals surface area contributed by atoms with Gasteiger partial charge in [0.1, 0.15) is 0 Å². The molecule has 0 aliphatic carbocycles. The largest absolute Gasteiger partial charge is 0.465 e. The van der Waals surface area contributed by atoms with Gasteiger partial charge in [-0.2, -0.15) is 0 Å². The third kappa shape index (κ3) is 2.83. The van der Waals surface area contributed by atoms with Crippen molar-refractivity contribution in [2.75, 3.05) is 20.7 Å².